The zero-order valence-corrected chi connectivity index (χ0v) is 23.1. The third-order valence-electron chi connectivity index (χ3n) is 7.06. The summed E-state index contributed by atoms with van der Waals surface area (Å²) in [5, 5.41) is 3.56. The minimum absolute atomic E-state index is 0. The molecule has 196 valence electrons. The first-order valence-electron chi connectivity index (χ1n) is 12.9. The summed E-state index contributed by atoms with van der Waals surface area (Å²) in [6.45, 7) is 3.36. The van der Waals surface area contributed by atoms with Crippen LogP contribution in [0.15, 0.2) is 82.8 Å². The number of halogens is 1. The van der Waals surface area contributed by atoms with Gasteiger partial charge in [-0.1, -0.05) is 49.9 Å². The largest absolute Gasteiger partial charge is 0.341 e. The van der Waals surface area contributed by atoms with Crippen LogP contribution in [0.4, 0.5) is 0 Å². The molecule has 6 rings (SSSR count). The summed E-state index contributed by atoms with van der Waals surface area (Å²) >= 11 is 5.32. The smallest absolute Gasteiger partial charge is 0.121 e. The van der Waals surface area contributed by atoms with E-state index in [0.29, 0.717) is 0 Å². The fraction of sp³-hybridized carbons (Fsp3) is 0.290. The van der Waals surface area contributed by atoms with Crippen LogP contribution in [0, 0.1) is 0 Å². The van der Waals surface area contributed by atoms with Gasteiger partial charge < -0.3 is 10.3 Å². The number of aromatic nitrogens is 3. The molecule has 0 bridgehead atoms. The Morgan fingerprint density at radius 2 is 1.79 bits per heavy atom. The predicted octanol–water partition coefficient (Wildman–Crippen LogP) is 7.79. The SMILES string of the molecule is Brc1ccc(CNCc2ccc(CN(Cc3nc4ccccc4[nH]3)C3CCCc4cccnc43)cc2)s1.C. The molecule has 3 heterocycles. The van der Waals surface area contributed by atoms with Crippen molar-refractivity contribution in [3.63, 3.8) is 0 Å². The number of hydrogen-bond acceptors (Lipinski definition) is 5. The van der Waals surface area contributed by atoms with Crippen molar-refractivity contribution in [1.82, 2.24) is 25.2 Å². The molecular weight excluding hydrogens is 554 g/mol. The highest BCUT2D eigenvalue weighted by molar-refractivity contribution is 9.11. The first-order valence-corrected chi connectivity index (χ1v) is 14.5. The molecule has 5 nitrogen and oxygen atoms in total. The van der Waals surface area contributed by atoms with Crippen LogP contribution in [0.2, 0.25) is 0 Å². The Bertz CT molecular complexity index is 1440. The minimum Gasteiger partial charge on any atom is -0.341 e. The number of nitrogens with zero attached hydrogens (tertiary/aromatic N) is 3. The predicted molar refractivity (Wildman–Crippen MR) is 161 cm³/mol. The summed E-state index contributed by atoms with van der Waals surface area (Å²) in [5.74, 6) is 1.00. The zero-order chi connectivity index (χ0) is 25.0. The number of nitrogens with one attached hydrogen (secondary N) is 2. The lowest BCUT2D eigenvalue weighted by molar-refractivity contribution is 0.153. The highest BCUT2D eigenvalue weighted by atomic mass is 79.9. The molecule has 0 amide bonds. The van der Waals surface area contributed by atoms with Gasteiger partial charge in [-0.15, -0.1) is 11.3 Å². The van der Waals surface area contributed by atoms with Crippen molar-refractivity contribution < 1.29 is 0 Å². The van der Waals surface area contributed by atoms with E-state index in [0.717, 1.165) is 55.9 Å². The van der Waals surface area contributed by atoms with Gasteiger partial charge in [0.25, 0.3) is 0 Å². The van der Waals surface area contributed by atoms with Gasteiger partial charge in [0.2, 0.25) is 0 Å². The maximum absolute atomic E-state index is 4.89. The summed E-state index contributed by atoms with van der Waals surface area (Å²) in [4.78, 5) is 17.2. The number of imidazole rings is 1. The van der Waals surface area contributed by atoms with Crippen molar-refractivity contribution in [2.24, 2.45) is 0 Å². The van der Waals surface area contributed by atoms with Gasteiger partial charge in [-0.2, -0.15) is 0 Å². The van der Waals surface area contributed by atoms with Gasteiger partial charge in [0, 0.05) is 30.7 Å². The van der Waals surface area contributed by atoms with Gasteiger partial charge in [0.1, 0.15) is 5.82 Å². The van der Waals surface area contributed by atoms with Gasteiger partial charge in [-0.05, 0) is 82.2 Å². The number of hydrogen-bond donors (Lipinski definition) is 2. The third-order valence-corrected chi connectivity index (χ3v) is 8.69. The Kier molecular flexibility index (Phi) is 8.69. The molecule has 2 aromatic carbocycles. The molecule has 1 aliphatic carbocycles. The lowest BCUT2D eigenvalue weighted by Gasteiger charge is -2.34. The summed E-state index contributed by atoms with van der Waals surface area (Å²) in [5.41, 5.74) is 7.33. The van der Waals surface area contributed by atoms with Crippen molar-refractivity contribution >= 4 is 38.3 Å². The number of pyridine rings is 1. The topological polar surface area (TPSA) is 56.8 Å². The number of para-hydroxylation sites is 2. The third kappa shape index (κ3) is 6.24. The first kappa shape index (κ1) is 26.8. The molecule has 0 radical (unpaired) electrons. The quantitative estimate of drug-likeness (QED) is 0.185. The second-order valence-electron chi connectivity index (χ2n) is 9.69. The molecule has 3 aromatic heterocycles. The average Bonchev–Trinajstić information content (AvgIpc) is 3.54. The maximum atomic E-state index is 4.89. The first-order chi connectivity index (χ1) is 18.2. The molecule has 38 heavy (non-hydrogen) atoms. The van der Waals surface area contributed by atoms with Gasteiger partial charge in [-0.3, -0.25) is 9.88 Å². The van der Waals surface area contributed by atoms with Crippen molar-refractivity contribution in [2.45, 2.75) is 58.9 Å². The molecule has 1 atom stereocenters. The van der Waals surface area contributed by atoms with Crippen LogP contribution in [-0.4, -0.2) is 19.9 Å². The highest BCUT2D eigenvalue weighted by Gasteiger charge is 2.28. The number of thiophene rings is 1. The van der Waals surface area contributed by atoms with Crippen LogP contribution in [-0.2, 0) is 32.6 Å². The van der Waals surface area contributed by atoms with E-state index in [9.17, 15) is 0 Å². The molecule has 5 aromatic rings. The second-order valence-corrected chi connectivity index (χ2v) is 12.2. The number of fused-ring (bicyclic) bond motifs is 2. The molecular formula is C31H34BrN5S. The lowest BCUT2D eigenvalue weighted by atomic mass is 9.90. The van der Waals surface area contributed by atoms with Crippen LogP contribution in [0.1, 0.15) is 59.4 Å². The molecule has 1 aliphatic rings. The molecule has 7 heteroatoms. The summed E-state index contributed by atoms with van der Waals surface area (Å²) in [6.07, 6.45) is 5.35. The Hall–Kier alpha value is -2.84. The molecule has 0 saturated heterocycles. The van der Waals surface area contributed by atoms with Crippen LogP contribution in [0.3, 0.4) is 0 Å². The second kappa shape index (κ2) is 12.3. The Morgan fingerprint density at radius 1 is 0.947 bits per heavy atom. The maximum Gasteiger partial charge on any atom is 0.121 e. The number of H-pyrrole nitrogens is 1. The van der Waals surface area contributed by atoms with Crippen molar-refractivity contribution in [3.8, 4) is 0 Å². The van der Waals surface area contributed by atoms with E-state index in [-0.39, 0.29) is 13.5 Å². The van der Waals surface area contributed by atoms with Gasteiger partial charge >= 0.3 is 0 Å². The number of benzene rings is 2. The van der Waals surface area contributed by atoms with Crippen molar-refractivity contribution in [2.75, 3.05) is 0 Å². The van der Waals surface area contributed by atoms with E-state index in [2.05, 4.69) is 97.9 Å². The van der Waals surface area contributed by atoms with Crippen LogP contribution < -0.4 is 5.32 Å². The van der Waals surface area contributed by atoms with Gasteiger partial charge in [0.15, 0.2) is 0 Å². The molecule has 2 N–H and O–H groups in total. The number of aryl methyl sites for hydroxylation is 1. The van der Waals surface area contributed by atoms with Crippen LogP contribution in [0.5, 0.6) is 0 Å². The summed E-state index contributed by atoms with van der Waals surface area (Å²) < 4.78 is 1.18. The fourth-order valence-corrected chi connectivity index (χ4v) is 6.72. The average molecular weight is 589 g/mol. The van der Waals surface area contributed by atoms with E-state index >= 15 is 0 Å². The van der Waals surface area contributed by atoms with Crippen LogP contribution in [0.25, 0.3) is 11.0 Å². The van der Waals surface area contributed by atoms with Gasteiger partial charge in [0.05, 0.1) is 33.1 Å². The zero-order valence-electron chi connectivity index (χ0n) is 20.7. The van der Waals surface area contributed by atoms with Gasteiger partial charge in [-0.25, -0.2) is 4.98 Å². The molecule has 0 aliphatic heterocycles. The Balaban J connectivity index is 0.00000294. The highest BCUT2D eigenvalue weighted by Crippen LogP contribution is 2.34. The molecule has 0 fully saturated rings. The molecule has 1 unspecified atom stereocenters. The van der Waals surface area contributed by atoms with Crippen molar-refractivity contribution in [1.29, 1.82) is 0 Å². The van der Waals surface area contributed by atoms with E-state index in [1.54, 1.807) is 11.3 Å². The van der Waals surface area contributed by atoms with E-state index in [4.69, 9.17) is 9.97 Å². The van der Waals surface area contributed by atoms with Crippen LogP contribution >= 0.6 is 27.3 Å². The number of rotatable bonds is 9. The van der Waals surface area contributed by atoms with E-state index in [1.165, 1.54) is 37.5 Å². The van der Waals surface area contributed by atoms with E-state index in [1.807, 2.05) is 12.3 Å². The Labute approximate surface area is 237 Å². The lowest BCUT2D eigenvalue weighted by Crippen LogP contribution is -2.31. The summed E-state index contributed by atoms with van der Waals surface area (Å²) in [7, 11) is 0. The number of aromatic amines is 1. The summed E-state index contributed by atoms with van der Waals surface area (Å²) in [6, 6.07) is 26.2. The molecule has 0 saturated carbocycles. The Morgan fingerprint density at radius 3 is 2.61 bits per heavy atom. The molecule has 0 spiro atoms. The standard InChI is InChI=1S/C30H30BrN5S.CH4/c31-28-15-14-24(37-28)18-32-17-21-10-12-22(13-11-21)19-36(20-29-34-25-7-1-2-8-26(25)35-29)27-9-3-5-23-6-4-16-33-30(23)27;/h1-2,4,6-8,10-16,27,32H,3,5,9,17-20H2,(H,34,35);1H4. The fourth-order valence-electron chi connectivity index (χ4n) is 5.26. The van der Waals surface area contributed by atoms with Crippen molar-refractivity contribution in [3.05, 3.63) is 116 Å². The normalized spacial score (nSPS) is 14.9. The monoisotopic (exact) mass is 587 g/mol. The minimum atomic E-state index is 0. The van der Waals surface area contributed by atoms with E-state index < -0.39 is 0 Å².